The summed E-state index contributed by atoms with van der Waals surface area (Å²) in [6.07, 6.45) is 1.70. The predicted molar refractivity (Wildman–Crippen MR) is 72.7 cm³/mol. The summed E-state index contributed by atoms with van der Waals surface area (Å²) < 4.78 is 4.80. The molecule has 0 bridgehead atoms. The number of ether oxygens (including phenoxy) is 1. The van der Waals surface area contributed by atoms with Crippen LogP contribution in [0.5, 0.6) is 0 Å². The van der Waals surface area contributed by atoms with Crippen LogP contribution in [0.3, 0.4) is 0 Å². The van der Waals surface area contributed by atoms with Gasteiger partial charge in [0, 0.05) is 24.7 Å². The third-order valence-electron chi connectivity index (χ3n) is 2.81. The van der Waals surface area contributed by atoms with E-state index in [0.717, 1.165) is 31.2 Å². The normalized spacial score (nSPS) is 12.7. The maximum absolute atomic E-state index is 11.7. The molecule has 0 radical (unpaired) electrons. The number of likely N-dealkylation sites (N-methyl/N-ethyl adjacent to an activating group) is 1. The summed E-state index contributed by atoms with van der Waals surface area (Å²) in [5.41, 5.74) is 0. The van der Waals surface area contributed by atoms with Gasteiger partial charge in [0.15, 0.2) is 6.04 Å². The van der Waals surface area contributed by atoms with E-state index in [1.807, 2.05) is 5.38 Å². The third-order valence-corrected chi connectivity index (χ3v) is 3.65. The van der Waals surface area contributed by atoms with Crippen molar-refractivity contribution in [2.45, 2.75) is 19.9 Å². The Morgan fingerprint density at radius 3 is 2.78 bits per heavy atom. The molecule has 0 aliphatic heterocycles. The molecule has 18 heavy (non-hydrogen) atoms. The van der Waals surface area contributed by atoms with Gasteiger partial charge in [0.25, 0.3) is 0 Å². The quantitative estimate of drug-likeness (QED) is 0.722. The van der Waals surface area contributed by atoms with Gasteiger partial charge in [-0.1, -0.05) is 13.8 Å². The predicted octanol–water partition coefficient (Wildman–Crippen LogP) is 1.29. The first-order valence-corrected chi connectivity index (χ1v) is 7.03. The molecule has 0 aromatic carbocycles. The van der Waals surface area contributed by atoms with Crippen molar-refractivity contribution in [1.82, 2.24) is 15.2 Å². The molecule has 0 aliphatic carbocycles. The maximum atomic E-state index is 11.7. The molecule has 1 atom stereocenters. The molecule has 5 nitrogen and oxygen atoms in total. The second-order valence-electron chi connectivity index (χ2n) is 3.81. The molecule has 1 aromatic heterocycles. The van der Waals surface area contributed by atoms with Crippen molar-refractivity contribution < 1.29 is 9.53 Å². The van der Waals surface area contributed by atoms with Gasteiger partial charge in [0.2, 0.25) is 0 Å². The van der Waals surface area contributed by atoms with Gasteiger partial charge in [-0.25, -0.2) is 9.78 Å². The molecule has 6 heteroatoms. The van der Waals surface area contributed by atoms with Crippen molar-refractivity contribution in [3.8, 4) is 0 Å². The van der Waals surface area contributed by atoms with E-state index in [1.165, 1.54) is 18.4 Å². The molecule has 1 aromatic rings. The smallest absolute Gasteiger partial charge is 0.330 e. The number of nitrogens with zero attached hydrogens (tertiary/aromatic N) is 2. The van der Waals surface area contributed by atoms with Gasteiger partial charge in [-0.05, 0) is 13.1 Å². The van der Waals surface area contributed by atoms with Gasteiger partial charge in [-0.3, -0.25) is 5.32 Å². The number of hydrogen-bond donors (Lipinski definition) is 1. The molecule has 1 heterocycles. The van der Waals surface area contributed by atoms with Crippen LogP contribution in [-0.2, 0) is 9.53 Å². The summed E-state index contributed by atoms with van der Waals surface area (Å²) in [6.45, 7) is 7.92. The number of rotatable bonds is 8. The van der Waals surface area contributed by atoms with Crippen molar-refractivity contribution in [3.63, 3.8) is 0 Å². The third kappa shape index (κ3) is 4.36. The topological polar surface area (TPSA) is 54.5 Å². The largest absolute Gasteiger partial charge is 0.468 e. The highest BCUT2D eigenvalue weighted by Gasteiger charge is 2.23. The minimum absolute atomic E-state index is 0.288. The minimum Gasteiger partial charge on any atom is -0.468 e. The van der Waals surface area contributed by atoms with E-state index in [2.05, 4.69) is 29.0 Å². The number of carbonyl (C=O) groups excluding carboxylic acids is 1. The fourth-order valence-electron chi connectivity index (χ4n) is 1.67. The zero-order valence-electron chi connectivity index (χ0n) is 11.2. The zero-order valence-corrected chi connectivity index (χ0v) is 12.0. The van der Waals surface area contributed by atoms with Crippen LogP contribution in [0.1, 0.15) is 24.9 Å². The summed E-state index contributed by atoms with van der Waals surface area (Å²) in [6, 6.07) is -0.453. The lowest BCUT2D eigenvalue weighted by molar-refractivity contribution is -0.143. The molecule has 0 saturated heterocycles. The first kappa shape index (κ1) is 15.1. The highest BCUT2D eigenvalue weighted by molar-refractivity contribution is 7.09. The van der Waals surface area contributed by atoms with Gasteiger partial charge < -0.3 is 9.64 Å². The number of hydrogen-bond acceptors (Lipinski definition) is 6. The van der Waals surface area contributed by atoms with E-state index in [9.17, 15) is 4.79 Å². The monoisotopic (exact) mass is 271 g/mol. The van der Waals surface area contributed by atoms with Gasteiger partial charge in [0.1, 0.15) is 5.01 Å². The van der Waals surface area contributed by atoms with Crippen LogP contribution in [0, 0.1) is 0 Å². The van der Waals surface area contributed by atoms with Crippen LogP contribution in [-0.4, -0.2) is 49.1 Å². The van der Waals surface area contributed by atoms with E-state index >= 15 is 0 Å². The fourth-order valence-corrected chi connectivity index (χ4v) is 2.37. The summed E-state index contributed by atoms with van der Waals surface area (Å²) in [7, 11) is 1.40. The Balaban J connectivity index is 2.50. The lowest BCUT2D eigenvalue weighted by Crippen LogP contribution is -2.36. The van der Waals surface area contributed by atoms with Gasteiger partial charge in [-0.2, -0.15) is 0 Å². The summed E-state index contributed by atoms with van der Waals surface area (Å²) >= 11 is 1.46. The molecular weight excluding hydrogens is 250 g/mol. The van der Waals surface area contributed by atoms with Crippen LogP contribution in [0.2, 0.25) is 0 Å². The second-order valence-corrected chi connectivity index (χ2v) is 4.73. The molecule has 0 spiro atoms. The lowest BCUT2D eigenvalue weighted by Gasteiger charge is -2.20. The maximum Gasteiger partial charge on any atom is 0.330 e. The Bertz CT molecular complexity index is 339. The van der Waals surface area contributed by atoms with Crippen molar-refractivity contribution in [3.05, 3.63) is 16.6 Å². The number of esters is 1. The molecule has 0 saturated carbocycles. The Morgan fingerprint density at radius 1 is 1.56 bits per heavy atom. The Labute approximate surface area is 112 Å². The Kier molecular flexibility index (Phi) is 6.85. The molecule has 1 N–H and O–H groups in total. The van der Waals surface area contributed by atoms with Crippen LogP contribution < -0.4 is 5.32 Å². The molecule has 0 fully saturated rings. The molecule has 0 aliphatic rings. The average molecular weight is 271 g/mol. The highest BCUT2D eigenvalue weighted by Crippen LogP contribution is 2.16. The number of methoxy groups -OCH3 is 1. The first-order valence-electron chi connectivity index (χ1n) is 6.15. The minimum atomic E-state index is -0.453. The second kappa shape index (κ2) is 8.18. The first-order chi connectivity index (χ1) is 8.72. The van der Waals surface area contributed by atoms with Crippen molar-refractivity contribution in [2.75, 3.05) is 33.3 Å². The summed E-state index contributed by atoms with van der Waals surface area (Å²) in [5.74, 6) is -0.288. The number of thiazole rings is 1. The summed E-state index contributed by atoms with van der Waals surface area (Å²) in [4.78, 5) is 18.2. The Hall–Kier alpha value is -0.980. The highest BCUT2D eigenvalue weighted by atomic mass is 32.1. The standard InChI is InChI=1S/C12H21N3O2S/c1-4-15(5-2)8-6-13-10(12(16)17-3)11-14-7-9-18-11/h7,9-10,13H,4-6,8H2,1-3H3. The molecule has 102 valence electrons. The molecule has 0 amide bonds. The molecule has 1 unspecified atom stereocenters. The van der Waals surface area contributed by atoms with Crippen molar-refractivity contribution >= 4 is 17.3 Å². The Morgan fingerprint density at radius 2 is 2.28 bits per heavy atom. The van der Waals surface area contributed by atoms with E-state index in [4.69, 9.17) is 4.74 Å². The van der Waals surface area contributed by atoms with E-state index in [-0.39, 0.29) is 5.97 Å². The average Bonchev–Trinajstić information content (AvgIpc) is 2.92. The number of aromatic nitrogens is 1. The fraction of sp³-hybridized carbons (Fsp3) is 0.667. The van der Waals surface area contributed by atoms with Crippen LogP contribution in [0.4, 0.5) is 0 Å². The van der Waals surface area contributed by atoms with Gasteiger partial charge >= 0.3 is 5.97 Å². The lowest BCUT2D eigenvalue weighted by atomic mass is 10.3. The van der Waals surface area contributed by atoms with Gasteiger partial charge in [0.05, 0.1) is 7.11 Å². The van der Waals surface area contributed by atoms with Crippen molar-refractivity contribution in [1.29, 1.82) is 0 Å². The van der Waals surface area contributed by atoms with Crippen molar-refractivity contribution in [2.24, 2.45) is 0 Å². The van der Waals surface area contributed by atoms with Crippen LogP contribution in [0.15, 0.2) is 11.6 Å². The van der Waals surface area contributed by atoms with Crippen LogP contribution in [0.25, 0.3) is 0 Å². The number of carbonyl (C=O) groups is 1. The van der Waals surface area contributed by atoms with Gasteiger partial charge in [-0.15, -0.1) is 11.3 Å². The SMILES string of the molecule is CCN(CC)CCNC(C(=O)OC)c1nccs1. The number of nitrogens with one attached hydrogen (secondary N) is 1. The van der Waals surface area contributed by atoms with E-state index in [1.54, 1.807) is 6.20 Å². The summed E-state index contributed by atoms with van der Waals surface area (Å²) in [5, 5.41) is 5.81. The zero-order chi connectivity index (χ0) is 13.4. The van der Waals surface area contributed by atoms with E-state index in [0.29, 0.717) is 0 Å². The molecular formula is C12H21N3O2S. The molecule has 1 rings (SSSR count). The van der Waals surface area contributed by atoms with E-state index < -0.39 is 6.04 Å². The van der Waals surface area contributed by atoms with Crippen LogP contribution >= 0.6 is 11.3 Å².